The van der Waals surface area contributed by atoms with Gasteiger partial charge in [-0.1, -0.05) is 182 Å². The average molecular weight is 727 g/mol. The van der Waals surface area contributed by atoms with Gasteiger partial charge in [0.05, 0.1) is 17.0 Å². The minimum Gasteiger partial charge on any atom is -0.208 e. The van der Waals surface area contributed by atoms with Gasteiger partial charge in [0.2, 0.25) is 0 Å². The minimum atomic E-state index is -0.576. The number of rotatable bonds is 7. The molecule has 0 amide bonds. The summed E-state index contributed by atoms with van der Waals surface area (Å²) in [4.78, 5) is 15.5. The van der Waals surface area contributed by atoms with Crippen LogP contribution in [0.4, 0.5) is 0 Å². The Kier molecular flexibility index (Phi) is 8.39. The molecule has 0 fully saturated rings. The molecule has 0 unspecified atom stereocenters. The molecule has 8 aromatic carbocycles. The van der Waals surface area contributed by atoms with Crippen molar-refractivity contribution in [2.24, 2.45) is 0 Å². The highest BCUT2D eigenvalue weighted by molar-refractivity contribution is 5.94. The fourth-order valence-corrected chi connectivity index (χ4v) is 8.42. The summed E-state index contributed by atoms with van der Waals surface area (Å²) in [6.45, 7) is 0. The topological polar surface area (TPSA) is 62.5 Å². The largest absolute Gasteiger partial charge is 0.208 e. The van der Waals surface area contributed by atoms with E-state index in [-0.39, 0.29) is 0 Å². The van der Waals surface area contributed by atoms with Crippen LogP contribution < -0.4 is 0 Å². The summed E-state index contributed by atoms with van der Waals surface area (Å²) >= 11 is 0. The monoisotopic (exact) mass is 726 g/mol. The summed E-state index contributed by atoms with van der Waals surface area (Å²) < 4.78 is 0. The summed E-state index contributed by atoms with van der Waals surface area (Å²) in [5, 5.41) is 9.39. The molecule has 0 saturated heterocycles. The number of aromatic nitrogens is 3. The highest BCUT2D eigenvalue weighted by Crippen LogP contribution is 2.58. The molecular weight excluding hydrogens is 693 g/mol. The van der Waals surface area contributed by atoms with E-state index in [1.54, 1.807) is 0 Å². The van der Waals surface area contributed by atoms with Crippen LogP contribution in [0.5, 0.6) is 0 Å². The van der Waals surface area contributed by atoms with Crippen molar-refractivity contribution in [1.82, 2.24) is 15.0 Å². The van der Waals surface area contributed by atoms with Crippen LogP contribution in [-0.2, 0) is 5.41 Å². The predicted octanol–water partition coefficient (Wildman–Crippen LogP) is 12.4. The Hall–Kier alpha value is -7.74. The first-order valence-electron chi connectivity index (χ1n) is 19.1. The highest BCUT2D eigenvalue weighted by Gasteiger charge is 2.46. The van der Waals surface area contributed by atoms with Crippen molar-refractivity contribution in [1.29, 1.82) is 5.26 Å². The van der Waals surface area contributed by atoms with Gasteiger partial charge in [-0.15, -0.1) is 0 Å². The molecule has 0 N–H and O–H groups in total. The van der Waals surface area contributed by atoms with Gasteiger partial charge in [-0.3, -0.25) is 0 Å². The first kappa shape index (κ1) is 33.8. The lowest BCUT2D eigenvalue weighted by atomic mass is 9.67. The molecule has 0 bridgehead atoms. The molecule has 1 heterocycles. The van der Waals surface area contributed by atoms with Gasteiger partial charge in [0.15, 0.2) is 17.5 Å². The quantitative estimate of drug-likeness (QED) is 0.164. The maximum absolute atomic E-state index is 9.39. The van der Waals surface area contributed by atoms with Crippen LogP contribution in [0.3, 0.4) is 0 Å². The van der Waals surface area contributed by atoms with Crippen molar-refractivity contribution in [3.63, 3.8) is 0 Å². The van der Waals surface area contributed by atoms with Crippen LogP contribution in [0.1, 0.15) is 27.8 Å². The van der Waals surface area contributed by atoms with E-state index in [0.717, 1.165) is 44.5 Å². The zero-order valence-corrected chi connectivity index (χ0v) is 30.9. The van der Waals surface area contributed by atoms with E-state index in [9.17, 15) is 5.26 Å². The molecule has 0 saturated carbocycles. The van der Waals surface area contributed by atoms with E-state index in [1.165, 1.54) is 27.8 Å². The van der Waals surface area contributed by atoms with Crippen molar-refractivity contribution in [2.75, 3.05) is 0 Å². The van der Waals surface area contributed by atoms with Crippen LogP contribution in [0.25, 0.3) is 67.5 Å². The second-order valence-electron chi connectivity index (χ2n) is 14.3. The molecule has 10 rings (SSSR count). The van der Waals surface area contributed by atoms with Crippen LogP contribution in [-0.4, -0.2) is 15.0 Å². The lowest BCUT2D eigenvalue weighted by Gasteiger charge is -2.34. The molecule has 1 aliphatic rings. The summed E-state index contributed by atoms with van der Waals surface area (Å²) in [6.07, 6.45) is 0. The number of fused-ring (bicyclic) bond motifs is 3. The predicted molar refractivity (Wildman–Crippen MR) is 229 cm³/mol. The first-order chi connectivity index (χ1) is 28.2. The fraction of sp³-hybridized carbons (Fsp3) is 0.0189. The molecular formula is C53H34N4. The summed E-state index contributed by atoms with van der Waals surface area (Å²) in [5.74, 6) is 1.84. The van der Waals surface area contributed by atoms with Gasteiger partial charge in [0, 0.05) is 16.7 Å². The van der Waals surface area contributed by atoms with Crippen molar-refractivity contribution in [2.45, 2.75) is 5.41 Å². The van der Waals surface area contributed by atoms with Gasteiger partial charge in [-0.25, -0.2) is 15.0 Å². The Morgan fingerprint density at radius 2 is 0.789 bits per heavy atom. The molecule has 266 valence electrons. The van der Waals surface area contributed by atoms with E-state index in [0.29, 0.717) is 23.0 Å². The van der Waals surface area contributed by atoms with Gasteiger partial charge in [0.25, 0.3) is 0 Å². The summed E-state index contributed by atoms with van der Waals surface area (Å²) in [6, 6.07) is 74.1. The fourth-order valence-electron chi connectivity index (χ4n) is 8.42. The third kappa shape index (κ3) is 5.82. The second kappa shape index (κ2) is 14.2. The molecule has 57 heavy (non-hydrogen) atoms. The van der Waals surface area contributed by atoms with Crippen LogP contribution in [0.15, 0.2) is 206 Å². The maximum Gasteiger partial charge on any atom is 0.164 e. The molecule has 9 aromatic rings. The normalized spacial score (nSPS) is 12.3. The molecule has 4 nitrogen and oxygen atoms in total. The summed E-state index contributed by atoms with van der Waals surface area (Å²) in [5.41, 5.74) is 14.2. The van der Waals surface area contributed by atoms with Crippen LogP contribution >= 0.6 is 0 Å². The Morgan fingerprint density at radius 3 is 1.33 bits per heavy atom. The smallest absolute Gasteiger partial charge is 0.164 e. The number of hydrogen-bond acceptors (Lipinski definition) is 4. The van der Waals surface area contributed by atoms with Crippen LogP contribution in [0, 0.1) is 11.3 Å². The second-order valence-corrected chi connectivity index (χ2v) is 14.3. The first-order valence-corrected chi connectivity index (χ1v) is 19.1. The van der Waals surface area contributed by atoms with Crippen molar-refractivity contribution >= 4 is 0 Å². The van der Waals surface area contributed by atoms with E-state index < -0.39 is 5.41 Å². The van der Waals surface area contributed by atoms with E-state index in [1.807, 2.05) is 84.9 Å². The van der Waals surface area contributed by atoms with Gasteiger partial charge in [-0.2, -0.15) is 5.26 Å². The average Bonchev–Trinajstić information content (AvgIpc) is 3.60. The van der Waals surface area contributed by atoms with E-state index >= 15 is 0 Å². The number of benzene rings is 8. The molecule has 0 atom stereocenters. The van der Waals surface area contributed by atoms with Gasteiger partial charge in [0.1, 0.15) is 0 Å². The number of nitrogens with zero attached hydrogens (tertiary/aromatic N) is 4. The number of nitriles is 1. The zero-order chi connectivity index (χ0) is 38.2. The van der Waals surface area contributed by atoms with Gasteiger partial charge < -0.3 is 0 Å². The number of hydrogen-bond donors (Lipinski definition) is 0. The zero-order valence-electron chi connectivity index (χ0n) is 30.9. The molecule has 1 aliphatic carbocycles. The minimum absolute atomic E-state index is 0.576. The van der Waals surface area contributed by atoms with Crippen LogP contribution in [0.2, 0.25) is 0 Å². The molecule has 0 aliphatic heterocycles. The highest BCUT2D eigenvalue weighted by atomic mass is 15.0. The Labute approximate surface area is 332 Å². The lowest BCUT2D eigenvalue weighted by molar-refractivity contribution is 0.769. The molecule has 0 radical (unpaired) electrons. The van der Waals surface area contributed by atoms with Crippen molar-refractivity contribution in [3.8, 4) is 73.6 Å². The Bertz CT molecular complexity index is 2820. The van der Waals surface area contributed by atoms with E-state index in [4.69, 9.17) is 15.0 Å². The third-order valence-corrected chi connectivity index (χ3v) is 11.1. The molecule has 1 aromatic heterocycles. The SMILES string of the molecule is N#Cc1ccc(-c2ccc(-c3cc4c(cc3-c3nc(-c5ccccc5)nc(-c5ccccc5)n3)-c3ccccc3C4(c3ccccc3)c3ccccc3)cc2)cc1. The Balaban J connectivity index is 1.27. The van der Waals surface area contributed by atoms with Gasteiger partial charge in [-0.05, 0) is 79.9 Å². The van der Waals surface area contributed by atoms with Crippen molar-refractivity contribution in [3.05, 3.63) is 234 Å². The van der Waals surface area contributed by atoms with Gasteiger partial charge >= 0.3 is 0 Å². The lowest BCUT2D eigenvalue weighted by Crippen LogP contribution is -2.28. The molecule has 0 spiro atoms. The maximum atomic E-state index is 9.39. The van der Waals surface area contributed by atoms with Crippen molar-refractivity contribution < 1.29 is 0 Å². The summed E-state index contributed by atoms with van der Waals surface area (Å²) in [7, 11) is 0. The third-order valence-electron chi connectivity index (χ3n) is 11.1. The molecule has 4 heteroatoms. The Morgan fingerprint density at radius 1 is 0.333 bits per heavy atom. The van der Waals surface area contributed by atoms with E-state index in [2.05, 4.69) is 127 Å². The standard InChI is InChI=1S/C53H34N4/c54-35-36-25-27-37(28-26-36)38-29-31-39(32-30-38)45-34-49-46(44-23-13-14-24-48(44)53(49,42-19-9-3-10-20-42)43-21-11-4-12-22-43)33-47(45)52-56-50(40-15-5-1-6-16-40)55-51(57-52)41-17-7-2-8-18-41/h1-34H.